The standard InChI is InChI=1S/C22H34F2N4O6S/c1-14(2)18(27-20(30)17(25)15-4-6-16(34-3)7-5-15)19(29)22(23,24)21(31)26-8-9-28-10-12-35(32,33)13-11-28/h4-7,14,17-19,29H,8-13,25H2,1-3H3,(H,26,31)(H,27,30)/t17-,18-,19+/m0/s1. The molecule has 198 valence electrons. The average Bonchev–Trinajstić information content (AvgIpc) is 2.82. The highest BCUT2D eigenvalue weighted by Crippen LogP contribution is 2.25. The molecule has 5 N–H and O–H groups in total. The second kappa shape index (κ2) is 12.1. The van der Waals surface area contributed by atoms with Crippen LogP contribution in [0.25, 0.3) is 0 Å². The fourth-order valence-corrected chi connectivity index (χ4v) is 4.88. The van der Waals surface area contributed by atoms with Crippen molar-refractivity contribution in [3.8, 4) is 5.75 Å². The van der Waals surface area contributed by atoms with E-state index < -0.39 is 51.7 Å². The number of ether oxygens (including phenoxy) is 1. The van der Waals surface area contributed by atoms with Gasteiger partial charge in [0.1, 0.15) is 17.9 Å². The fraction of sp³-hybridized carbons (Fsp3) is 0.636. The van der Waals surface area contributed by atoms with Crippen LogP contribution in [-0.2, 0) is 19.4 Å². The Morgan fingerprint density at radius 1 is 1.20 bits per heavy atom. The summed E-state index contributed by atoms with van der Waals surface area (Å²) in [5, 5.41) is 14.8. The summed E-state index contributed by atoms with van der Waals surface area (Å²) in [6, 6.07) is 3.66. The molecule has 10 nitrogen and oxygen atoms in total. The number of methoxy groups -OCH3 is 1. The van der Waals surface area contributed by atoms with Crippen LogP contribution in [0.4, 0.5) is 8.78 Å². The first-order valence-electron chi connectivity index (χ1n) is 11.3. The molecule has 0 aromatic heterocycles. The van der Waals surface area contributed by atoms with Crippen molar-refractivity contribution in [1.82, 2.24) is 15.5 Å². The van der Waals surface area contributed by atoms with E-state index in [1.807, 2.05) is 0 Å². The SMILES string of the molecule is COc1ccc([C@H](N)C(=O)N[C@@H](C(C)C)[C@@H](O)C(F)(F)C(=O)NCCN2CCS(=O)(=O)CC2)cc1. The van der Waals surface area contributed by atoms with Crippen LogP contribution in [0.15, 0.2) is 24.3 Å². The highest BCUT2D eigenvalue weighted by Gasteiger charge is 2.51. The second-order valence-corrected chi connectivity index (χ2v) is 11.2. The van der Waals surface area contributed by atoms with E-state index >= 15 is 0 Å². The Kier molecular flexibility index (Phi) is 9.95. The Balaban J connectivity index is 1.96. The molecule has 1 saturated heterocycles. The molecule has 1 fully saturated rings. The molecule has 1 aliphatic heterocycles. The van der Waals surface area contributed by atoms with Gasteiger partial charge >= 0.3 is 5.92 Å². The molecule has 2 amide bonds. The quantitative estimate of drug-likeness (QED) is 0.310. The topological polar surface area (TPSA) is 151 Å². The lowest BCUT2D eigenvalue weighted by Gasteiger charge is -2.33. The lowest BCUT2D eigenvalue weighted by Crippen LogP contribution is -2.60. The van der Waals surface area contributed by atoms with Gasteiger partial charge in [-0.05, 0) is 23.6 Å². The van der Waals surface area contributed by atoms with E-state index in [9.17, 15) is 31.9 Å². The number of carbonyl (C=O) groups excluding carboxylic acids is 2. The van der Waals surface area contributed by atoms with Gasteiger partial charge in [0, 0.05) is 26.2 Å². The Morgan fingerprint density at radius 3 is 2.29 bits per heavy atom. The Hall–Kier alpha value is -2.35. The number of alkyl halides is 2. The molecule has 1 heterocycles. The minimum Gasteiger partial charge on any atom is -0.497 e. The number of benzene rings is 1. The Morgan fingerprint density at radius 2 is 1.77 bits per heavy atom. The molecular formula is C22H34F2N4O6S. The predicted molar refractivity (Wildman–Crippen MR) is 126 cm³/mol. The van der Waals surface area contributed by atoms with Gasteiger partial charge in [-0.1, -0.05) is 26.0 Å². The summed E-state index contributed by atoms with van der Waals surface area (Å²) in [5.41, 5.74) is 6.37. The zero-order chi connectivity index (χ0) is 26.4. The first-order valence-corrected chi connectivity index (χ1v) is 13.1. The molecule has 3 atom stereocenters. The van der Waals surface area contributed by atoms with Crippen molar-refractivity contribution >= 4 is 21.7 Å². The molecule has 0 radical (unpaired) electrons. The number of rotatable bonds is 11. The van der Waals surface area contributed by atoms with Gasteiger partial charge in [0.15, 0.2) is 9.84 Å². The van der Waals surface area contributed by atoms with Gasteiger partial charge in [0.25, 0.3) is 5.91 Å². The van der Waals surface area contributed by atoms with Gasteiger partial charge in [0.2, 0.25) is 5.91 Å². The van der Waals surface area contributed by atoms with E-state index in [-0.39, 0.29) is 37.7 Å². The van der Waals surface area contributed by atoms with Crippen LogP contribution in [0, 0.1) is 5.92 Å². The minimum atomic E-state index is -4.20. The minimum absolute atomic E-state index is 0.0236. The smallest absolute Gasteiger partial charge is 0.351 e. The third-order valence-corrected chi connectivity index (χ3v) is 7.56. The first-order chi connectivity index (χ1) is 16.3. The number of halogens is 2. The number of amides is 2. The number of nitrogens with two attached hydrogens (primary N) is 1. The van der Waals surface area contributed by atoms with Crippen LogP contribution in [0.3, 0.4) is 0 Å². The van der Waals surface area contributed by atoms with E-state index in [1.54, 1.807) is 29.2 Å². The van der Waals surface area contributed by atoms with Crippen molar-refractivity contribution in [3.05, 3.63) is 29.8 Å². The normalized spacial score (nSPS) is 19.0. The number of sulfone groups is 1. The van der Waals surface area contributed by atoms with Crippen LogP contribution in [0.1, 0.15) is 25.5 Å². The van der Waals surface area contributed by atoms with Crippen LogP contribution in [0.2, 0.25) is 0 Å². The summed E-state index contributed by atoms with van der Waals surface area (Å²) in [6.07, 6.45) is -2.50. The van der Waals surface area contributed by atoms with Gasteiger partial charge in [-0.15, -0.1) is 0 Å². The van der Waals surface area contributed by atoms with Crippen molar-refractivity contribution in [2.75, 3.05) is 44.8 Å². The van der Waals surface area contributed by atoms with Crippen LogP contribution < -0.4 is 21.1 Å². The monoisotopic (exact) mass is 520 g/mol. The van der Waals surface area contributed by atoms with Gasteiger partial charge in [0.05, 0.1) is 24.7 Å². The summed E-state index contributed by atoms with van der Waals surface area (Å²) in [6.45, 7) is 3.59. The molecule has 2 rings (SSSR count). The fourth-order valence-electron chi connectivity index (χ4n) is 3.61. The lowest BCUT2D eigenvalue weighted by atomic mass is 9.93. The number of hydrogen-bond donors (Lipinski definition) is 4. The van der Waals surface area contributed by atoms with E-state index in [2.05, 4.69) is 10.6 Å². The largest absolute Gasteiger partial charge is 0.497 e. The molecule has 1 aliphatic rings. The van der Waals surface area contributed by atoms with E-state index in [0.29, 0.717) is 11.3 Å². The summed E-state index contributed by atoms with van der Waals surface area (Å²) in [5.74, 6) is -6.82. The summed E-state index contributed by atoms with van der Waals surface area (Å²) in [4.78, 5) is 26.6. The zero-order valence-corrected chi connectivity index (χ0v) is 20.9. The molecule has 0 saturated carbocycles. The van der Waals surface area contributed by atoms with Gasteiger partial charge < -0.3 is 26.2 Å². The predicted octanol–water partition coefficient (Wildman–Crippen LogP) is -0.321. The maximum atomic E-state index is 14.8. The van der Waals surface area contributed by atoms with Crippen molar-refractivity contribution in [2.24, 2.45) is 11.7 Å². The van der Waals surface area contributed by atoms with Crippen molar-refractivity contribution in [1.29, 1.82) is 0 Å². The van der Waals surface area contributed by atoms with E-state index in [1.165, 1.54) is 21.0 Å². The number of nitrogens with zero attached hydrogens (tertiary/aromatic N) is 1. The third-order valence-electron chi connectivity index (χ3n) is 5.95. The lowest BCUT2D eigenvalue weighted by molar-refractivity contribution is -0.169. The molecule has 0 unspecified atom stereocenters. The first kappa shape index (κ1) is 28.9. The Bertz CT molecular complexity index is 961. The van der Waals surface area contributed by atoms with Gasteiger partial charge in [-0.3, -0.25) is 14.5 Å². The molecule has 0 aliphatic carbocycles. The molecule has 1 aromatic rings. The van der Waals surface area contributed by atoms with E-state index in [0.717, 1.165) is 0 Å². The second-order valence-electron chi connectivity index (χ2n) is 8.85. The van der Waals surface area contributed by atoms with Crippen molar-refractivity contribution < 1.29 is 36.6 Å². The number of carbonyl (C=O) groups is 2. The molecular weight excluding hydrogens is 486 g/mol. The summed E-state index contributed by atoms with van der Waals surface area (Å²) < 4.78 is 57.6. The van der Waals surface area contributed by atoms with Crippen LogP contribution in [-0.4, -0.2) is 93.1 Å². The highest BCUT2D eigenvalue weighted by atomic mass is 32.2. The maximum absolute atomic E-state index is 14.8. The van der Waals surface area contributed by atoms with Gasteiger partial charge in [-0.2, -0.15) is 8.78 Å². The number of aliphatic hydroxyl groups excluding tert-OH is 1. The Labute approximate surface area is 204 Å². The van der Waals surface area contributed by atoms with E-state index in [4.69, 9.17) is 10.5 Å². The zero-order valence-electron chi connectivity index (χ0n) is 20.0. The maximum Gasteiger partial charge on any atom is 0.351 e. The van der Waals surface area contributed by atoms with Gasteiger partial charge in [-0.25, -0.2) is 8.42 Å². The van der Waals surface area contributed by atoms with Crippen LogP contribution in [0.5, 0.6) is 5.75 Å². The third kappa shape index (κ3) is 7.82. The molecule has 0 spiro atoms. The van der Waals surface area contributed by atoms with Crippen LogP contribution >= 0.6 is 0 Å². The number of nitrogens with one attached hydrogen (secondary N) is 2. The number of hydrogen-bond acceptors (Lipinski definition) is 8. The molecule has 13 heteroatoms. The average molecular weight is 521 g/mol. The molecule has 1 aromatic carbocycles. The summed E-state index contributed by atoms with van der Waals surface area (Å²) in [7, 11) is -1.60. The highest BCUT2D eigenvalue weighted by molar-refractivity contribution is 7.91. The number of aliphatic hydroxyl groups is 1. The summed E-state index contributed by atoms with van der Waals surface area (Å²) >= 11 is 0. The molecule has 0 bridgehead atoms. The van der Waals surface area contributed by atoms with Crippen molar-refractivity contribution in [3.63, 3.8) is 0 Å². The molecule has 35 heavy (non-hydrogen) atoms. The van der Waals surface area contributed by atoms with Crippen molar-refractivity contribution in [2.45, 2.75) is 38.0 Å².